The molecule has 3 nitrogen and oxygen atoms in total. The summed E-state index contributed by atoms with van der Waals surface area (Å²) in [5.74, 6) is 0.0757. The van der Waals surface area contributed by atoms with Crippen LogP contribution >= 0.6 is 35.6 Å². The number of carbonyl (C=O) groups excluding carboxylic acids is 1. The maximum Gasteiger partial charge on any atom is 0.315 e. The van der Waals surface area contributed by atoms with E-state index < -0.39 is 0 Å². The summed E-state index contributed by atoms with van der Waals surface area (Å²) in [5.41, 5.74) is 0. The summed E-state index contributed by atoms with van der Waals surface area (Å²) >= 11 is 12.7. The Hall–Kier alpha value is -0.0000000000000000833. The molecule has 2 atom stereocenters. The second-order valence-electron chi connectivity index (χ2n) is 3.22. The van der Waals surface area contributed by atoms with Gasteiger partial charge in [0.25, 0.3) is 0 Å². The summed E-state index contributed by atoms with van der Waals surface area (Å²) < 4.78 is 10.1. The van der Waals surface area contributed by atoms with Gasteiger partial charge in [-0.1, -0.05) is 6.92 Å². The van der Waals surface area contributed by atoms with Gasteiger partial charge in [0.1, 0.15) is 5.38 Å². The average molecular weight is 299 g/mol. The Morgan fingerprint density at radius 1 is 1.29 bits per heavy atom. The first-order valence-corrected chi connectivity index (χ1v) is 7.54. The predicted octanol–water partition coefficient (Wildman–Crippen LogP) is 3.03. The summed E-state index contributed by atoms with van der Waals surface area (Å²) in [6.07, 6.45) is 0.825. The number of carbonyl (C=O) groups is 1. The van der Waals surface area contributed by atoms with Crippen LogP contribution in [0.25, 0.3) is 0 Å². The smallest absolute Gasteiger partial charge is 0.315 e. The molecule has 6 heteroatoms. The van der Waals surface area contributed by atoms with Gasteiger partial charge in [-0.25, -0.2) is 0 Å². The summed E-state index contributed by atoms with van der Waals surface area (Å²) in [5, 5.41) is 0.117. The van der Waals surface area contributed by atoms with Crippen LogP contribution in [0, 0.1) is 0 Å². The number of halogens is 1. The Morgan fingerprint density at radius 2 is 1.88 bits per heavy atom. The van der Waals surface area contributed by atoms with Crippen LogP contribution < -0.4 is 0 Å². The predicted molar refractivity (Wildman–Crippen MR) is 77.0 cm³/mol. The van der Waals surface area contributed by atoms with Gasteiger partial charge in [0.15, 0.2) is 5.05 Å². The summed E-state index contributed by atoms with van der Waals surface area (Å²) in [6, 6.07) is 0. The van der Waals surface area contributed by atoms with E-state index >= 15 is 0 Å². The molecule has 100 valence electrons. The van der Waals surface area contributed by atoms with Crippen LogP contribution in [0.5, 0.6) is 0 Å². The van der Waals surface area contributed by atoms with E-state index in [4.69, 9.17) is 33.3 Å². The third kappa shape index (κ3) is 7.11. The molecule has 17 heavy (non-hydrogen) atoms. The third-order valence-corrected chi connectivity index (χ3v) is 4.55. The van der Waals surface area contributed by atoms with Gasteiger partial charge in [-0.05, 0) is 32.5 Å². The molecular formula is C11H19ClO3S2. The molecular weight excluding hydrogens is 280 g/mol. The molecule has 0 saturated carbocycles. The van der Waals surface area contributed by atoms with Crippen LogP contribution in [-0.4, -0.2) is 40.6 Å². The third-order valence-electron chi connectivity index (χ3n) is 1.96. The van der Waals surface area contributed by atoms with E-state index in [0.717, 1.165) is 6.42 Å². The van der Waals surface area contributed by atoms with Crippen molar-refractivity contribution in [2.75, 3.05) is 19.0 Å². The lowest BCUT2D eigenvalue weighted by Crippen LogP contribution is -2.28. The van der Waals surface area contributed by atoms with Gasteiger partial charge >= 0.3 is 5.97 Å². The number of thioether (sulfide) groups is 1. The van der Waals surface area contributed by atoms with E-state index in [1.54, 1.807) is 6.92 Å². The fraction of sp³-hybridized carbons (Fsp3) is 0.818. The fourth-order valence-electron chi connectivity index (χ4n) is 1.16. The topological polar surface area (TPSA) is 35.5 Å². The molecule has 0 radical (unpaired) electrons. The second kappa shape index (κ2) is 9.97. The van der Waals surface area contributed by atoms with Gasteiger partial charge in [0.05, 0.1) is 19.0 Å². The number of esters is 1. The molecule has 0 spiro atoms. The fourth-order valence-corrected chi connectivity index (χ4v) is 2.95. The van der Waals surface area contributed by atoms with E-state index in [1.807, 2.05) is 13.8 Å². The van der Waals surface area contributed by atoms with Crippen molar-refractivity contribution in [3.8, 4) is 0 Å². The van der Waals surface area contributed by atoms with Crippen LogP contribution in [0.2, 0.25) is 0 Å². The first-order chi connectivity index (χ1) is 8.06. The second-order valence-corrected chi connectivity index (χ2v) is 5.32. The van der Waals surface area contributed by atoms with Crippen molar-refractivity contribution in [3.63, 3.8) is 0 Å². The van der Waals surface area contributed by atoms with E-state index in [-0.39, 0.29) is 16.6 Å². The normalized spacial score (nSPS) is 13.9. The van der Waals surface area contributed by atoms with Crippen molar-refractivity contribution in [1.82, 2.24) is 0 Å². The molecule has 0 aliphatic rings. The largest absolute Gasteiger partial charge is 0.486 e. The number of rotatable bonds is 8. The quantitative estimate of drug-likeness (QED) is 0.391. The van der Waals surface area contributed by atoms with Crippen molar-refractivity contribution in [2.24, 2.45) is 0 Å². The lowest BCUT2D eigenvalue weighted by molar-refractivity contribution is -0.139. The first-order valence-electron chi connectivity index (χ1n) is 5.64. The average Bonchev–Trinajstić information content (AvgIpc) is 2.30. The molecule has 0 aromatic carbocycles. The van der Waals surface area contributed by atoms with Crippen molar-refractivity contribution < 1.29 is 14.3 Å². The lowest BCUT2D eigenvalue weighted by atomic mass is 10.2. The minimum Gasteiger partial charge on any atom is -0.486 e. The summed E-state index contributed by atoms with van der Waals surface area (Å²) in [7, 11) is 0. The Bertz CT molecular complexity index is 249. The van der Waals surface area contributed by atoms with Crippen molar-refractivity contribution >= 4 is 46.6 Å². The Kier molecular flexibility index (Phi) is 9.97. The van der Waals surface area contributed by atoms with Gasteiger partial charge in [0.2, 0.25) is 0 Å². The van der Waals surface area contributed by atoms with Gasteiger partial charge in [-0.2, -0.15) is 0 Å². The molecule has 2 unspecified atom stereocenters. The monoisotopic (exact) mass is 298 g/mol. The molecule has 0 bridgehead atoms. The zero-order valence-corrected chi connectivity index (χ0v) is 12.8. The molecule has 0 heterocycles. The highest BCUT2D eigenvalue weighted by atomic mass is 35.5. The molecule has 0 saturated heterocycles. The number of thiocarbonyl (C=S) groups is 1. The molecule has 0 amide bonds. The summed E-state index contributed by atoms with van der Waals surface area (Å²) in [4.78, 5) is 11.2. The number of hydrogen-bond acceptors (Lipinski definition) is 5. The highest BCUT2D eigenvalue weighted by Crippen LogP contribution is 2.24. The minimum absolute atomic E-state index is 0.0696. The van der Waals surface area contributed by atoms with Gasteiger partial charge in [-0.15, -0.1) is 23.4 Å². The lowest BCUT2D eigenvalue weighted by Gasteiger charge is -2.20. The Balaban J connectivity index is 4.13. The van der Waals surface area contributed by atoms with Gasteiger partial charge in [0, 0.05) is 5.25 Å². The van der Waals surface area contributed by atoms with Gasteiger partial charge < -0.3 is 9.47 Å². The van der Waals surface area contributed by atoms with E-state index in [9.17, 15) is 4.79 Å². The highest BCUT2D eigenvalue weighted by molar-refractivity contribution is 8.00. The van der Waals surface area contributed by atoms with Gasteiger partial charge in [-0.3, -0.25) is 4.79 Å². The molecule has 0 N–H and O–H groups in total. The number of alkyl halides is 1. The Labute approximate surface area is 118 Å². The minimum atomic E-state index is -0.352. The highest BCUT2D eigenvalue weighted by Gasteiger charge is 2.24. The summed E-state index contributed by atoms with van der Waals surface area (Å²) in [6.45, 7) is 6.57. The Morgan fingerprint density at radius 3 is 2.35 bits per heavy atom. The van der Waals surface area contributed by atoms with Crippen LogP contribution in [-0.2, 0) is 14.3 Å². The zero-order valence-electron chi connectivity index (χ0n) is 10.4. The van der Waals surface area contributed by atoms with Crippen molar-refractivity contribution in [2.45, 2.75) is 37.8 Å². The van der Waals surface area contributed by atoms with Crippen molar-refractivity contribution in [3.05, 3.63) is 0 Å². The van der Waals surface area contributed by atoms with Crippen LogP contribution in [0.1, 0.15) is 27.2 Å². The molecule has 0 fully saturated rings. The molecule has 0 aromatic rings. The van der Waals surface area contributed by atoms with E-state index in [1.165, 1.54) is 11.8 Å². The molecule has 0 aliphatic carbocycles. The van der Waals surface area contributed by atoms with Crippen LogP contribution in [0.4, 0.5) is 0 Å². The molecule has 0 aromatic heterocycles. The molecule has 0 aliphatic heterocycles. The van der Waals surface area contributed by atoms with Crippen LogP contribution in [0.3, 0.4) is 0 Å². The SMILES string of the molecule is CCOC(=O)CSC(CC)C(Cl)C(=S)OCC. The maximum atomic E-state index is 11.2. The molecule has 0 rings (SSSR count). The number of ether oxygens (including phenoxy) is 2. The van der Waals surface area contributed by atoms with E-state index in [0.29, 0.717) is 24.0 Å². The maximum absolute atomic E-state index is 11.2. The van der Waals surface area contributed by atoms with Crippen molar-refractivity contribution in [1.29, 1.82) is 0 Å². The van der Waals surface area contributed by atoms with Crippen LogP contribution in [0.15, 0.2) is 0 Å². The number of hydrogen-bond donors (Lipinski definition) is 0. The van der Waals surface area contributed by atoms with E-state index in [2.05, 4.69) is 0 Å². The zero-order chi connectivity index (χ0) is 13.3. The first kappa shape index (κ1) is 17.0. The standard InChI is InChI=1S/C11H19ClO3S2/c1-4-8(10(12)11(16)15-6-3)17-7-9(13)14-5-2/h8,10H,4-7H2,1-3H3.